The van der Waals surface area contributed by atoms with Crippen LogP contribution in [0.4, 0.5) is 0 Å². The molecule has 0 heterocycles. The molecule has 0 saturated heterocycles. The van der Waals surface area contributed by atoms with E-state index in [4.69, 9.17) is 5.73 Å². The van der Waals surface area contributed by atoms with Crippen molar-refractivity contribution in [1.29, 1.82) is 0 Å². The van der Waals surface area contributed by atoms with Gasteiger partial charge >= 0.3 is 0 Å². The minimum absolute atomic E-state index is 0.155. The van der Waals surface area contributed by atoms with Gasteiger partial charge in [0.2, 0.25) is 11.8 Å². The molecule has 6 unspecified atom stereocenters. The molecule has 294 valence electrons. The average molecular weight is 729 g/mol. The van der Waals surface area contributed by atoms with Crippen molar-refractivity contribution in [3.05, 3.63) is 96.8 Å². The fourth-order valence-corrected chi connectivity index (χ4v) is 6.95. The smallest absolute Gasteiger partial charge is 0.243 e. The number of nitrogens with one attached hydrogen (secondary N) is 3. The van der Waals surface area contributed by atoms with Crippen molar-refractivity contribution in [3.63, 3.8) is 0 Å². The number of amides is 2. The molecule has 0 spiro atoms. The second-order valence-corrected chi connectivity index (χ2v) is 15.1. The Morgan fingerprint density at radius 1 is 0.830 bits per heavy atom. The minimum atomic E-state index is -0.786. The summed E-state index contributed by atoms with van der Waals surface area (Å²) in [5.41, 5.74) is 8.99. The first-order chi connectivity index (χ1) is 25.6. The largest absolute Gasteiger partial charge is 0.379 e. The number of nitrogens with two attached hydrogens (primary N) is 1. The van der Waals surface area contributed by atoms with Crippen LogP contribution in [0.25, 0.3) is 0 Å². The van der Waals surface area contributed by atoms with Gasteiger partial charge in [0.25, 0.3) is 0 Å². The van der Waals surface area contributed by atoms with Crippen molar-refractivity contribution < 1.29 is 14.4 Å². The molecular formula is C46H72N4O3. The highest BCUT2D eigenvalue weighted by Gasteiger charge is 2.33. The SMILES string of the molecule is C=CCCCCC(NC(=O)C(CCCCN)C(=C)C(=O)C(CCCCC)NC(=C)C(C)CCCCC)C(=O)NC(C1=CC(C)CC=C1)c1ccccc1. The number of rotatable bonds is 29. The highest BCUT2D eigenvalue weighted by atomic mass is 16.2. The van der Waals surface area contributed by atoms with Gasteiger partial charge < -0.3 is 21.7 Å². The van der Waals surface area contributed by atoms with E-state index in [1.165, 1.54) is 6.42 Å². The van der Waals surface area contributed by atoms with Crippen LogP contribution in [0.2, 0.25) is 0 Å². The van der Waals surface area contributed by atoms with Gasteiger partial charge in [-0.25, -0.2) is 0 Å². The van der Waals surface area contributed by atoms with Crippen LogP contribution >= 0.6 is 0 Å². The number of benzene rings is 1. The zero-order valence-corrected chi connectivity index (χ0v) is 33.6. The maximum atomic E-state index is 14.3. The molecule has 0 aliphatic heterocycles. The third-order valence-corrected chi connectivity index (χ3v) is 10.4. The quantitative estimate of drug-likeness (QED) is 0.0373. The van der Waals surface area contributed by atoms with Crippen molar-refractivity contribution in [1.82, 2.24) is 16.0 Å². The summed E-state index contributed by atoms with van der Waals surface area (Å²) in [5.74, 6) is -0.946. The van der Waals surface area contributed by atoms with Crippen molar-refractivity contribution in [3.8, 4) is 0 Å². The number of hydrogen-bond donors (Lipinski definition) is 4. The molecular weight excluding hydrogens is 657 g/mol. The molecule has 0 aromatic heterocycles. The van der Waals surface area contributed by atoms with Crippen LogP contribution in [0.3, 0.4) is 0 Å². The second-order valence-electron chi connectivity index (χ2n) is 15.1. The van der Waals surface area contributed by atoms with Crippen molar-refractivity contribution in [2.24, 2.45) is 23.5 Å². The molecule has 0 radical (unpaired) electrons. The Kier molecular flexibility index (Phi) is 22.4. The van der Waals surface area contributed by atoms with Crippen molar-refractivity contribution in [2.45, 2.75) is 149 Å². The Bertz CT molecular complexity index is 1350. The normalized spacial score (nSPS) is 16.7. The highest BCUT2D eigenvalue weighted by molar-refractivity contribution is 6.04. The first-order valence-electron chi connectivity index (χ1n) is 20.6. The van der Waals surface area contributed by atoms with Gasteiger partial charge in [0, 0.05) is 11.3 Å². The Balaban J connectivity index is 2.37. The standard InChI is InChI=1S/C46H72N4O3/c1-8-11-14-20-31-42(46(53)50-43(38-26-18-15-19-27-38)39-28-23-24-34(4)33-39)49-45(52)40(29-21-22-32-47)36(6)44(51)41(30-17-13-10-3)48-37(7)35(5)25-16-12-9-2/h8,15,18-19,23,26-28,33-35,40-43,48H,1,6-7,9-14,16-17,20-22,24-25,29-32,47H2,2-5H3,(H,49,52)(H,50,53). The molecule has 1 aromatic rings. The molecule has 1 aliphatic rings. The van der Waals surface area contributed by atoms with E-state index in [0.717, 1.165) is 87.5 Å². The highest BCUT2D eigenvalue weighted by Crippen LogP contribution is 2.29. The molecule has 0 fully saturated rings. The second kappa shape index (κ2) is 26.1. The molecule has 2 amide bonds. The van der Waals surface area contributed by atoms with Crippen LogP contribution in [0, 0.1) is 17.8 Å². The van der Waals surface area contributed by atoms with Crippen molar-refractivity contribution >= 4 is 17.6 Å². The fourth-order valence-electron chi connectivity index (χ4n) is 6.95. The molecule has 0 bridgehead atoms. The number of carbonyl (C=O) groups is 3. The number of unbranched alkanes of at least 4 members (excludes halogenated alkanes) is 7. The van der Waals surface area contributed by atoms with Gasteiger partial charge in [-0.15, -0.1) is 6.58 Å². The van der Waals surface area contributed by atoms with Gasteiger partial charge in [-0.2, -0.15) is 0 Å². The number of hydrogen-bond acceptors (Lipinski definition) is 5. The summed E-state index contributed by atoms with van der Waals surface area (Å²) in [4.78, 5) is 42.9. The molecule has 1 aromatic carbocycles. The lowest BCUT2D eigenvalue weighted by Crippen LogP contribution is -2.50. The third-order valence-electron chi connectivity index (χ3n) is 10.4. The zero-order chi connectivity index (χ0) is 39.0. The first kappa shape index (κ1) is 45.4. The summed E-state index contributed by atoms with van der Waals surface area (Å²) < 4.78 is 0. The lowest BCUT2D eigenvalue weighted by Gasteiger charge is -2.29. The number of ketones is 1. The van der Waals surface area contributed by atoms with Crippen LogP contribution < -0.4 is 21.7 Å². The maximum Gasteiger partial charge on any atom is 0.243 e. The summed E-state index contributed by atoms with van der Waals surface area (Å²) in [5, 5.41) is 9.87. The van der Waals surface area contributed by atoms with E-state index in [9.17, 15) is 14.4 Å². The summed E-state index contributed by atoms with van der Waals surface area (Å²) >= 11 is 0. The van der Waals surface area contributed by atoms with E-state index in [0.29, 0.717) is 38.1 Å². The molecule has 1 aliphatic carbocycles. The summed E-state index contributed by atoms with van der Waals surface area (Å²) in [6, 6.07) is 8.29. The van der Waals surface area contributed by atoms with Crippen molar-refractivity contribution in [2.75, 3.05) is 6.54 Å². The number of carbonyl (C=O) groups excluding carboxylic acids is 3. The van der Waals surface area contributed by atoms with Gasteiger partial charge in [0.1, 0.15) is 6.04 Å². The van der Waals surface area contributed by atoms with E-state index >= 15 is 0 Å². The van der Waals surface area contributed by atoms with E-state index in [2.05, 4.69) is 81.6 Å². The minimum Gasteiger partial charge on any atom is -0.379 e. The summed E-state index contributed by atoms with van der Waals surface area (Å²) in [6.07, 6.45) is 22.0. The molecule has 53 heavy (non-hydrogen) atoms. The Hall–Kier alpha value is -3.71. The summed E-state index contributed by atoms with van der Waals surface area (Å²) in [6.45, 7) is 21.6. The monoisotopic (exact) mass is 729 g/mol. The summed E-state index contributed by atoms with van der Waals surface area (Å²) in [7, 11) is 0. The van der Waals surface area contributed by atoms with Crippen LogP contribution in [-0.2, 0) is 14.4 Å². The Morgan fingerprint density at radius 2 is 1.47 bits per heavy atom. The topological polar surface area (TPSA) is 113 Å². The van der Waals surface area contributed by atoms with E-state index in [1.807, 2.05) is 36.4 Å². The van der Waals surface area contributed by atoms with E-state index in [1.54, 1.807) is 0 Å². The molecule has 5 N–H and O–H groups in total. The predicted octanol–water partition coefficient (Wildman–Crippen LogP) is 9.74. The average Bonchev–Trinajstić information content (AvgIpc) is 3.16. The van der Waals surface area contributed by atoms with Crippen LogP contribution in [0.15, 0.2) is 91.2 Å². The molecule has 0 saturated carbocycles. The lowest BCUT2D eigenvalue weighted by atomic mass is 9.86. The molecule has 6 atom stereocenters. The Morgan fingerprint density at radius 3 is 2.11 bits per heavy atom. The van der Waals surface area contributed by atoms with Crippen LogP contribution in [-0.4, -0.2) is 36.2 Å². The number of allylic oxidation sites excluding steroid dienone is 4. The van der Waals surface area contributed by atoms with Crippen LogP contribution in [0.5, 0.6) is 0 Å². The van der Waals surface area contributed by atoms with Gasteiger partial charge in [0.15, 0.2) is 5.78 Å². The lowest BCUT2D eigenvalue weighted by molar-refractivity contribution is -0.131. The maximum absolute atomic E-state index is 14.3. The Labute approximate surface area is 322 Å². The molecule has 7 nitrogen and oxygen atoms in total. The van der Waals surface area contributed by atoms with Gasteiger partial charge in [-0.05, 0) is 80.9 Å². The number of Topliss-reactive ketones (excluding diaryl/α,β-unsaturated/α-hetero) is 1. The predicted molar refractivity (Wildman–Crippen MR) is 223 cm³/mol. The van der Waals surface area contributed by atoms with Gasteiger partial charge in [-0.3, -0.25) is 14.4 Å². The molecule has 2 rings (SSSR count). The zero-order valence-electron chi connectivity index (χ0n) is 33.6. The van der Waals surface area contributed by atoms with E-state index in [-0.39, 0.29) is 35.1 Å². The first-order valence-corrected chi connectivity index (χ1v) is 20.6. The third kappa shape index (κ3) is 16.5. The molecule has 7 heteroatoms. The van der Waals surface area contributed by atoms with Gasteiger partial charge in [-0.1, -0.05) is 147 Å². The fraction of sp³-hybridized carbons (Fsp3) is 0.587. The van der Waals surface area contributed by atoms with Crippen LogP contribution in [0.1, 0.15) is 142 Å². The van der Waals surface area contributed by atoms with E-state index < -0.39 is 18.0 Å². The van der Waals surface area contributed by atoms with Gasteiger partial charge in [0.05, 0.1) is 18.0 Å².